The normalized spacial score (nSPS) is 13.0. The molecule has 0 aromatic heterocycles. The molecule has 0 aliphatic carbocycles. The third-order valence-electron chi connectivity index (χ3n) is 17.3. The van der Waals surface area contributed by atoms with E-state index in [0.717, 1.165) is 87.9 Å². The van der Waals surface area contributed by atoms with E-state index in [1.54, 1.807) is 90.1 Å². The van der Waals surface area contributed by atoms with Gasteiger partial charge in [0.25, 0.3) is 25.0 Å². The molecule has 0 atom stereocenters. The Morgan fingerprint density at radius 3 is 1.35 bits per heavy atom. The van der Waals surface area contributed by atoms with Gasteiger partial charge in [-0.05, 0) is 172 Å². The number of halogens is 6. The number of anilines is 6. The molecule has 3 amide bonds. The van der Waals surface area contributed by atoms with Crippen molar-refractivity contribution < 1.29 is 92.2 Å². The van der Waals surface area contributed by atoms with Gasteiger partial charge in [0.15, 0.2) is 11.6 Å². The highest BCUT2D eigenvalue weighted by Gasteiger charge is 2.30. The van der Waals surface area contributed by atoms with Gasteiger partial charge >= 0.3 is 18.3 Å². The van der Waals surface area contributed by atoms with Crippen molar-refractivity contribution in [3.63, 3.8) is 0 Å². The molecule has 8 aromatic carbocycles. The first kappa shape index (κ1) is 91.7. The van der Waals surface area contributed by atoms with Crippen molar-refractivity contribution in [1.29, 1.82) is 15.8 Å². The van der Waals surface area contributed by atoms with E-state index < -0.39 is 54.4 Å². The fraction of sp³-hybridized carbons (Fsp3) is 0.312. The average molecular weight is 1650 g/mol. The predicted molar refractivity (Wildman–Crippen MR) is 422 cm³/mol. The third-order valence-corrected chi connectivity index (χ3v) is 20.4. The molecule has 3 saturated heterocycles. The summed E-state index contributed by atoms with van der Waals surface area (Å²) in [5.41, 5.74) is 13.7. The molecule has 6 N–H and O–H groups in total. The lowest BCUT2D eigenvalue weighted by molar-refractivity contribution is -0.134. The number of carboxylic acids is 1. The molecule has 35 heteroatoms. The fourth-order valence-electron chi connectivity index (χ4n) is 11.5. The number of benzene rings is 8. The lowest BCUT2D eigenvalue weighted by Crippen LogP contribution is -2.49. The van der Waals surface area contributed by atoms with E-state index in [1.165, 1.54) is 43.5 Å². The number of carboxylic acid groups (broad SMARTS) is 1. The summed E-state index contributed by atoms with van der Waals surface area (Å²) in [5.74, 6) is -3.33. The number of aryl methyl sites for hydroxylation is 1. The van der Waals surface area contributed by atoms with Crippen molar-refractivity contribution in [2.24, 2.45) is 0 Å². The first-order valence-corrected chi connectivity index (χ1v) is 39.5. The van der Waals surface area contributed by atoms with Crippen LogP contribution in [-0.2, 0) is 64.4 Å². The smallest absolute Gasteiger partial charge is 0.409 e. The van der Waals surface area contributed by atoms with Crippen LogP contribution in [0.4, 0.5) is 70.5 Å². The number of rotatable bonds is 18. The molecule has 8 aromatic rings. The van der Waals surface area contributed by atoms with Gasteiger partial charge in [-0.25, -0.2) is 53.2 Å². The number of aliphatic hydroxyl groups excluding tert-OH is 2. The van der Waals surface area contributed by atoms with Crippen LogP contribution in [0.2, 0.25) is 0 Å². The van der Waals surface area contributed by atoms with Gasteiger partial charge in [-0.15, -0.1) is 0 Å². The number of nitriles is 3. The molecule has 115 heavy (non-hydrogen) atoms. The highest BCUT2D eigenvalue weighted by molar-refractivity contribution is 8.13. The number of piperazine rings is 3. The predicted octanol–water partition coefficient (Wildman–Crippen LogP) is 12.5. The van der Waals surface area contributed by atoms with Crippen molar-refractivity contribution in [3.05, 3.63) is 231 Å². The number of carbonyl (C=O) groups excluding carboxylic acids is 3. The summed E-state index contributed by atoms with van der Waals surface area (Å²) in [6.45, 7) is 15.5. The number of nitrogens with two attached hydrogens (primary N) is 1. The van der Waals surface area contributed by atoms with Gasteiger partial charge in [-0.3, -0.25) is 9.10 Å². The van der Waals surface area contributed by atoms with Gasteiger partial charge in [-0.2, -0.15) is 15.8 Å². The van der Waals surface area contributed by atoms with Crippen LogP contribution in [0, 0.1) is 70.0 Å². The van der Waals surface area contributed by atoms with E-state index in [4.69, 9.17) is 55.6 Å². The summed E-state index contributed by atoms with van der Waals surface area (Å²) in [4.78, 5) is 55.3. The molecular weight excluding hydrogens is 1560 g/mol. The second kappa shape index (κ2) is 44.9. The number of nitrogens with zero attached hydrogens (tertiary/aromatic N) is 10. The van der Waals surface area contributed by atoms with Gasteiger partial charge in [-0.1, -0.05) is 29.8 Å². The molecule has 0 spiro atoms. The van der Waals surface area contributed by atoms with Gasteiger partial charge in [0.1, 0.15) is 41.5 Å². The van der Waals surface area contributed by atoms with E-state index in [1.807, 2.05) is 30.0 Å². The van der Waals surface area contributed by atoms with Crippen molar-refractivity contribution in [2.45, 2.75) is 70.7 Å². The molecule has 612 valence electrons. The van der Waals surface area contributed by atoms with Crippen LogP contribution in [0.5, 0.6) is 5.75 Å². The van der Waals surface area contributed by atoms with Gasteiger partial charge in [0, 0.05) is 125 Å². The molecule has 0 radical (unpaired) electrons. The van der Waals surface area contributed by atoms with E-state index in [0.29, 0.717) is 132 Å². The summed E-state index contributed by atoms with van der Waals surface area (Å²) >= 11 is 0. The van der Waals surface area contributed by atoms with Crippen LogP contribution in [0.1, 0.15) is 72.2 Å². The molecule has 3 aliphatic rings. The molecule has 0 unspecified atom stereocenters. The first-order valence-electron chi connectivity index (χ1n) is 35.7. The highest BCUT2D eigenvalue weighted by atomic mass is 35.7. The lowest BCUT2D eigenvalue weighted by Gasteiger charge is -2.36. The maximum atomic E-state index is 14.0. The van der Waals surface area contributed by atoms with Gasteiger partial charge in [0.2, 0.25) is 0 Å². The molecule has 0 saturated carbocycles. The maximum absolute atomic E-state index is 14.0. The third kappa shape index (κ3) is 27.6. The number of carbonyl (C=O) groups is 4. The number of methoxy groups -OCH3 is 1. The summed E-state index contributed by atoms with van der Waals surface area (Å²) in [6, 6.07) is 44.1. The Hall–Kier alpha value is -12.1. The zero-order valence-corrected chi connectivity index (χ0v) is 66.2. The largest absolute Gasteiger partial charge is 0.494 e. The number of ether oxygens (including phenoxy) is 4. The van der Waals surface area contributed by atoms with Crippen LogP contribution in [0.15, 0.2) is 168 Å². The molecule has 0 bridgehead atoms. The van der Waals surface area contributed by atoms with Crippen LogP contribution in [-0.4, -0.2) is 177 Å². The minimum Gasteiger partial charge on any atom is -0.494 e. The topological polar surface area (TPSA) is 366 Å². The van der Waals surface area contributed by atoms with E-state index in [9.17, 15) is 68.8 Å². The Morgan fingerprint density at radius 1 is 0.522 bits per heavy atom. The molecule has 3 fully saturated rings. The second-order valence-electron chi connectivity index (χ2n) is 25.1. The Bertz CT molecular complexity index is 4980. The zero-order valence-electron chi connectivity index (χ0n) is 63.8. The molecule has 3 aliphatic heterocycles. The number of aliphatic hydroxyl groups is 2. The number of sulfonamides is 1. The van der Waals surface area contributed by atoms with E-state index in [-0.39, 0.29) is 76.7 Å². The number of nitrogens with one attached hydrogen (secondary N) is 1. The van der Waals surface area contributed by atoms with Crippen LogP contribution in [0.25, 0.3) is 0 Å². The maximum Gasteiger partial charge on any atom is 0.409 e. The van der Waals surface area contributed by atoms with E-state index in [2.05, 4.69) is 33.3 Å². The van der Waals surface area contributed by atoms with Crippen LogP contribution >= 0.6 is 10.7 Å². The van der Waals surface area contributed by atoms with Crippen molar-refractivity contribution >= 4 is 88.1 Å². The summed E-state index contributed by atoms with van der Waals surface area (Å²) in [5, 5.41) is 57.2. The summed E-state index contributed by atoms with van der Waals surface area (Å²) < 4.78 is 136. The second-order valence-corrected chi connectivity index (χ2v) is 29.5. The monoisotopic (exact) mass is 1650 g/mol. The first-order chi connectivity index (χ1) is 54.8. The zero-order chi connectivity index (χ0) is 84.5. The Morgan fingerprint density at radius 2 is 0.922 bits per heavy atom. The van der Waals surface area contributed by atoms with Crippen molar-refractivity contribution in [3.8, 4) is 24.0 Å². The minimum absolute atomic E-state index is 0.0494. The summed E-state index contributed by atoms with van der Waals surface area (Å²) in [6.07, 6.45) is -0.968. The van der Waals surface area contributed by atoms with Crippen LogP contribution in [0.3, 0.4) is 0 Å². The molecule has 3 heterocycles. The fourth-order valence-corrected chi connectivity index (χ4v) is 13.7. The number of aliphatic carboxylic acids is 1. The standard InChI is InChI=1S/C28H28F2N4O5S.C22H25FN4O3.C14H18N4O2.C8H9FO.C6H4ClFO2S.C2H4O2/c1-3-39-28(35)33-14-12-32(13-15-33)26-11-7-23(17-21(26)18-31)34(19-20-4-10-25(30)27(16-20)38-2)40(36,37)24-8-5-22(29)6-9-24;1-2-30-22(29)27-9-7-26(8-10-27)21-6-4-19(12-17(21)13-24)25-14-16-3-5-20(23)18(11-16)15-28;1-2-20-14(19)18-7-5-17(6-8-18)13-4-3-12(16)9-11(13)10-15;1-6-2-3-8(9)7(4-6)5-10;7-11(9,10)6-3-1-5(8)2-4-6;1-2(3)4/h4-11,16-17H,3,12-15,19H2,1-2H3;3-6,11-12,25,28H,2,7-10,14-15H2,1H3;3-4,9H,2,5-8,16H2,1H3;2-4,10H,5H2,1H3;1-4H;1H3,(H,3,4). The Balaban J connectivity index is 0.000000240. The van der Waals surface area contributed by atoms with Crippen LogP contribution < -0.4 is 34.8 Å². The number of hydrogen-bond donors (Lipinski definition) is 5. The lowest BCUT2D eigenvalue weighted by atomic mass is 10.1. The van der Waals surface area contributed by atoms with Gasteiger partial charge < -0.3 is 74.7 Å². The average Bonchev–Trinajstić information content (AvgIpc) is 0.774. The number of amides is 3. The molecule has 11 rings (SSSR count). The minimum atomic E-state index is -4.23. The van der Waals surface area contributed by atoms with Crippen molar-refractivity contribution in [2.75, 3.05) is 136 Å². The number of nitrogen functional groups attached to an aromatic ring is 1. The molecule has 27 nitrogen and oxygen atoms in total. The van der Waals surface area contributed by atoms with Crippen molar-refractivity contribution in [1.82, 2.24) is 14.7 Å². The van der Waals surface area contributed by atoms with Gasteiger partial charge in [0.05, 0.1) is 95.9 Å². The Labute approximate surface area is 668 Å². The van der Waals surface area contributed by atoms with E-state index >= 15 is 0 Å². The Kier molecular flexibility index (Phi) is 35.9. The quantitative estimate of drug-likeness (QED) is 0.0230. The summed E-state index contributed by atoms with van der Waals surface area (Å²) in [7, 11) is -1.68. The molecular formula is C80H88ClF5N12O15S2. The SMILES string of the molecule is CC(=O)O.CCOC(=O)N1CCN(c2ccc(N(Cc3ccc(F)c(OC)c3)S(=O)(=O)c3ccc(F)cc3)cc2C#N)CC1.CCOC(=O)N1CCN(c2ccc(N)cc2C#N)CC1.CCOC(=O)N1CCN(c2ccc(NCc3ccc(F)c(CO)c3)cc2C#N)CC1.Cc1ccc(F)c(CO)c1.O=S(=O)(Cl)c1ccc(F)cc1. The number of hydrogen-bond acceptors (Lipinski definition) is 22. The highest BCUT2D eigenvalue weighted by Crippen LogP contribution is 2.34.